The van der Waals surface area contributed by atoms with Crippen molar-refractivity contribution in [3.63, 3.8) is 0 Å². The highest BCUT2D eigenvalue weighted by Gasteiger charge is 2.06. The number of aromatic nitrogens is 5. The quantitative estimate of drug-likeness (QED) is 0.593. The Kier molecular flexibility index (Phi) is 3.27. The van der Waals surface area contributed by atoms with Gasteiger partial charge in [0.15, 0.2) is 0 Å². The summed E-state index contributed by atoms with van der Waals surface area (Å²) < 4.78 is 1.87. The molecule has 0 atom stereocenters. The first kappa shape index (κ1) is 13.1. The fourth-order valence-corrected chi connectivity index (χ4v) is 2.13. The predicted molar refractivity (Wildman–Crippen MR) is 80.0 cm³/mol. The van der Waals surface area contributed by atoms with Crippen LogP contribution in [0.5, 0.6) is 0 Å². The molecule has 0 unspecified atom stereocenters. The van der Waals surface area contributed by atoms with Gasteiger partial charge in [-0.25, -0.2) is 4.98 Å². The Morgan fingerprint density at radius 1 is 1.43 bits per heavy atom. The van der Waals surface area contributed by atoms with Crippen LogP contribution < -0.4 is 16.6 Å². The Hall–Kier alpha value is -2.90. The average Bonchev–Trinajstić information content (AvgIpc) is 2.86. The van der Waals surface area contributed by atoms with Crippen molar-refractivity contribution in [1.29, 1.82) is 0 Å². The molecule has 0 saturated heterocycles. The molecule has 0 aliphatic carbocycles. The van der Waals surface area contributed by atoms with Gasteiger partial charge in [-0.05, 0) is 12.1 Å². The van der Waals surface area contributed by atoms with Gasteiger partial charge in [0.25, 0.3) is 5.56 Å². The number of nitrogens with one attached hydrogen (secondary N) is 2. The molecule has 0 aliphatic rings. The maximum Gasteiger partial charge on any atom is 0.258 e. The zero-order chi connectivity index (χ0) is 14.8. The zero-order valence-electron chi connectivity index (χ0n) is 11.5. The molecule has 8 heteroatoms. The Labute approximate surface area is 120 Å². The molecule has 0 aliphatic heterocycles. The highest BCUT2D eigenvalue weighted by atomic mass is 16.1. The summed E-state index contributed by atoms with van der Waals surface area (Å²) in [5.74, 6) is 0.886. The number of aromatic amines is 1. The molecule has 2 aromatic heterocycles. The Morgan fingerprint density at radius 2 is 2.29 bits per heavy atom. The molecule has 8 nitrogen and oxygen atoms in total. The molecule has 0 spiro atoms. The molecule has 3 rings (SSSR count). The first-order chi connectivity index (χ1) is 10.1. The molecule has 108 valence electrons. The fraction of sp³-hybridized carbons (Fsp3) is 0.231. The smallest absolute Gasteiger partial charge is 0.258 e. The minimum Gasteiger partial charge on any atom is -0.397 e. The number of fused-ring (bicyclic) bond motifs is 1. The minimum atomic E-state index is -0.197. The number of nitrogen functional groups attached to an aromatic ring is 1. The van der Waals surface area contributed by atoms with Gasteiger partial charge in [-0.15, -0.1) is 10.2 Å². The highest BCUT2D eigenvalue weighted by molar-refractivity contribution is 5.88. The highest BCUT2D eigenvalue weighted by Crippen LogP contribution is 2.22. The largest absolute Gasteiger partial charge is 0.397 e. The van der Waals surface area contributed by atoms with Gasteiger partial charge in [0.2, 0.25) is 0 Å². The molecule has 21 heavy (non-hydrogen) atoms. The first-order valence-corrected chi connectivity index (χ1v) is 6.49. The maximum absolute atomic E-state index is 11.7. The summed E-state index contributed by atoms with van der Waals surface area (Å²) >= 11 is 0. The minimum absolute atomic E-state index is 0.197. The second kappa shape index (κ2) is 5.23. The molecule has 0 bridgehead atoms. The van der Waals surface area contributed by atoms with Crippen molar-refractivity contribution in [1.82, 2.24) is 24.7 Å². The summed E-state index contributed by atoms with van der Waals surface area (Å²) in [4.78, 5) is 18.3. The predicted octanol–water partition coefficient (Wildman–Crippen LogP) is 0.288. The summed E-state index contributed by atoms with van der Waals surface area (Å²) in [5, 5.41) is 11.6. The number of benzene rings is 1. The van der Waals surface area contributed by atoms with Crippen LogP contribution in [0.25, 0.3) is 10.9 Å². The van der Waals surface area contributed by atoms with E-state index in [2.05, 4.69) is 25.5 Å². The van der Waals surface area contributed by atoms with Crippen molar-refractivity contribution in [2.75, 3.05) is 17.6 Å². The van der Waals surface area contributed by atoms with Crippen LogP contribution in [0.1, 0.15) is 5.82 Å². The molecule has 1 aromatic carbocycles. The summed E-state index contributed by atoms with van der Waals surface area (Å²) in [7, 11) is 1.90. The van der Waals surface area contributed by atoms with E-state index >= 15 is 0 Å². The topological polar surface area (TPSA) is 115 Å². The molecule has 0 fully saturated rings. The van der Waals surface area contributed by atoms with E-state index in [1.807, 2.05) is 11.6 Å². The van der Waals surface area contributed by atoms with Crippen LogP contribution in [0.15, 0.2) is 29.6 Å². The van der Waals surface area contributed by atoms with Gasteiger partial charge >= 0.3 is 0 Å². The second-order valence-corrected chi connectivity index (χ2v) is 4.72. The number of nitrogens with zero attached hydrogens (tertiary/aromatic N) is 4. The molecular weight excluding hydrogens is 270 g/mol. The average molecular weight is 285 g/mol. The number of hydrogen-bond acceptors (Lipinski definition) is 6. The Balaban J connectivity index is 1.79. The van der Waals surface area contributed by atoms with Crippen molar-refractivity contribution in [2.45, 2.75) is 6.42 Å². The number of H-pyrrole nitrogens is 1. The molecule has 0 amide bonds. The summed E-state index contributed by atoms with van der Waals surface area (Å²) in [6.45, 7) is 0.658. The summed E-state index contributed by atoms with van der Waals surface area (Å²) in [5.41, 5.74) is 7.64. The monoisotopic (exact) mass is 285 g/mol. The van der Waals surface area contributed by atoms with Gasteiger partial charge in [-0.3, -0.25) is 4.79 Å². The first-order valence-electron chi connectivity index (χ1n) is 6.49. The van der Waals surface area contributed by atoms with Crippen LogP contribution in [-0.2, 0) is 13.5 Å². The van der Waals surface area contributed by atoms with Crippen LogP contribution in [0.4, 0.5) is 11.4 Å². The molecule has 4 N–H and O–H groups in total. The number of rotatable bonds is 4. The molecular formula is C13H15N7O. The van der Waals surface area contributed by atoms with Gasteiger partial charge < -0.3 is 20.6 Å². The van der Waals surface area contributed by atoms with Crippen molar-refractivity contribution < 1.29 is 0 Å². The van der Waals surface area contributed by atoms with E-state index < -0.39 is 0 Å². The SMILES string of the molecule is Cn1cnnc1CCNc1cc2nc[nH]c(=O)c2cc1N. The number of nitrogens with two attached hydrogens (primary N) is 1. The fourth-order valence-electron chi connectivity index (χ4n) is 2.13. The second-order valence-electron chi connectivity index (χ2n) is 4.72. The van der Waals surface area contributed by atoms with Gasteiger partial charge in [0.05, 0.1) is 28.6 Å². The van der Waals surface area contributed by atoms with Crippen LogP contribution >= 0.6 is 0 Å². The van der Waals surface area contributed by atoms with Gasteiger partial charge in [-0.2, -0.15) is 0 Å². The van der Waals surface area contributed by atoms with Gasteiger partial charge in [-0.1, -0.05) is 0 Å². The standard InChI is InChI=1S/C13H15N7O/c1-20-7-18-19-12(20)2-3-15-11-5-10-8(4-9(11)14)13(21)17-6-16-10/h4-7,15H,2-3,14H2,1H3,(H,16,17,21). The maximum atomic E-state index is 11.7. The zero-order valence-corrected chi connectivity index (χ0v) is 11.5. The van der Waals surface area contributed by atoms with E-state index in [1.54, 1.807) is 18.5 Å². The Bertz CT molecular complexity index is 836. The van der Waals surface area contributed by atoms with Gasteiger partial charge in [0, 0.05) is 20.0 Å². The van der Waals surface area contributed by atoms with E-state index in [4.69, 9.17) is 5.73 Å². The van der Waals surface area contributed by atoms with E-state index in [-0.39, 0.29) is 5.56 Å². The van der Waals surface area contributed by atoms with E-state index in [9.17, 15) is 4.79 Å². The normalized spacial score (nSPS) is 10.9. The van der Waals surface area contributed by atoms with Crippen molar-refractivity contribution >= 4 is 22.3 Å². The van der Waals surface area contributed by atoms with E-state index in [1.165, 1.54) is 6.33 Å². The van der Waals surface area contributed by atoms with E-state index in [0.717, 1.165) is 17.9 Å². The third kappa shape index (κ3) is 2.55. The lowest BCUT2D eigenvalue weighted by Crippen LogP contribution is -2.11. The number of hydrogen-bond donors (Lipinski definition) is 3. The van der Waals surface area contributed by atoms with Crippen molar-refractivity contribution in [3.8, 4) is 0 Å². The van der Waals surface area contributed by atoms with E-state index in [0.29, 0.717) is 23.1 Å². The molecule has 3 aromatic rings. The van der Waals surface area contributed by atoms with Crippen LogP contribution in [0.2, 0.25) is 0 Å². The molecule has 0 radical (unpaired) electrons. The lowest BCUT2D eigenvalue weighted by molar-refractivity contribution is 0.788. The number of aryl methyl sites for hydroxylation is 1. The van der Waals surface area contributed by atoms with Crippen LogP contribution in [0.3, 0.4) is 0 Å². The molecule has 2 heterocycles. The molecule has 0 saturated carbocycles. The lowest BCUT2D eigenvalue weighted by Gasteiger charge is -2.10. The third-order valence-corrected chi connectivity index (χ3v) is 3.28. The van der Waals surface area contributed by atoms with Crippen LogP contribution in [-0.4, -0.2) is 31.3 Å². The van der Waals surface area contributed by atoms with Crippen LogP contribution in [0, 0.1) is 0 Å². The summed E-state index contributed by atoms with van der Waals surface area (Å²) in [6.07, 6.45) is 3.76. The lowest BCUT2D eigenvalue weighted by atomic mass is 10.2. The Morgan fingerprint density at radius 3 is 3.05 bits per heavy atom. The van der Waals surface area contributed by atoms with Crippen molar-refractivity contribution in [2.24, 2.45) is 7.05 Å². The summed E-state index contributed by atoms with van der Waals surface area (Å²) in [6, 6.07) is 3.41. The number of anilines is 2. The third-order valence-electron chi connectivity index (χ3n) is 3.28. The van der Waals surface area contributed by atoms with Crippen molar-refractivity contribution in [3.05, 3.63) is 41.0 Å². The van der Waals surface area contributed by atoms with Gasteiger partial charge in [0.1, 0.15) is 12.2 Å².